The van der Waals surface area contributed by atoms with Gasteiger partial charge in [0, 0.05) is 0 Å². The van der Waals surface area contributed by atoms with E-state index >= 15 is 0 Å². The molecule has 3 rings (SSSR count). The Kier molecular flexibility index (Phi) is 2.21. The zero-order chi connectivity index (χ0) is 12.0. The van der Waals surface area contributed by atoms with Crippen molar-refractivity contribution in [3.8, 4) is 5.88 Å². The van der Waals surface area contributed by atoms with Crippen molar-refractivity contribution in [2.45, 2.75) is 18.3 Å². The molecule has 17 heavy (non-hydrogen) atoms. The summed E-state index contributed by atoms with van der Waals surface area (Å²) in [5.74, 6) is 0.0848. The number of aromatic amines is 1. The van der Waals surface area contributed by atoms with Gasteiger partial charge in [-0.2, -0.15) is 4.98 Å². The molecule has 1 aliphatic heterocycles. The third-order valence-corrected chi connectivity index (χ3v) is 2.71. The minimum atomic E-state index is -1.05. The van der Waals surface area contributed by atoms with Crippen molar-refractivity contribution < 1.29 is 20.1 Å². The first kappa shape index (κ1) is 10.4. The fraction of sp³-hybridized carbons (Fsp3) is 0.444. The summed E-state index contributed by atoms with van der Waals surface area (Å²) < 4.78 is 5.21. The molecule has 8 heteroatoms. The molecule has 3 heterocycles. The molecule has 0 aromatic carbocycles. The molecule has 0 saturated carbocycles. The molecule has 0 radical (unpaired) electrons. The van der Waals surface area contributed by atoms with Gasteiger partial charge in [0.05, 0.1) is 6.61 Å². The maximum atomic E-state index is 9.67. The number of H-pyrrole nitrogens is 1. The number of rotatable bonds is 1. The van der Waals surface area contributed by atoms with E-state index in [9.17, 15) is 15.3 Å². The van der Waals surface area contributed by atoms with Gasteiger partial charge in [-0.1, -0.05) is 0 Å². The molecular weight excluding hydrogens is 228 g/mol. The molecule has 1 fully saturated rings. The van der Waals surface area contributed by atoms with Crippen molar-refractivity contribution in [1.29, 1.82) is 0 Å². The number of fused-ring (bicyclic) bond motifs is 1. The lowest BCUT2D eigenvalue weighted by molar-refractivity contribution is 0.0188. The predicted octanol–water partition coefficient (Wildman–Crippen LogP) is -1.15. The van der Waals surface area contributed by atoms with Gasteiger partial charge < -0.3 is 25.0 Å². The molecule has 0 spiro atoms. The minimum Gasteiger partial charge on any atom is -0.492 e. The number of hydrogen-bond acceptors (Lipinski definition) is 7. The molecule has 2 aromatic rings. The minimum absolute atomic E-state index is 0.0422. The standard InChI is InChI=1S/C9H10N4O4/c14-3-1-17-6(5(3)15)8-12-4-7(13-8)10-2-11-9(4)16/h2-3,5-6,14-15H,1H2,(H2,10,11,12,13,16)/t3-,5-,6?/m1/s1. The van der Waals surface area contributed by atoms with E-state index in [2.05, 4.69) is 19.9 Å². The van der Waals surface area contributed by atoms with E-state index in [1.165, 1.54) is 6.33 Å². The number of imidazole rings is 1. The molecule has 2 aromatic heterocycles. The Labute approximate surface area is 94.9 Å². The first-order valence-corrected chi connectivity index (χ1v) is 5.04. The van der Waals surface area contributed by atoms with Crippen LogP contribution < -0.4 is 0 Å². The molecule has 0 bridgehead atoms. The average molecular weight is 238 g/mol. The van der Waals surface area contributed by atoms with E-state index < -0.39 is 18.3 Å². The van der Waals surface area contributed by atoms with Gasteiger partial charge in [0.1, 0.15) is 36.0 Å². The van der Waals surface area contributed by atoms with Gasteiger partial charge in [-0.15, -0.1) is 0 Å². The van der Waals surface area contributed by atoms with Crippen LogP contribution in [0.25, 0.3) is 11.2 Å². The van der Waals surface area contributed by atoms with E-state index in [0.29, 0.717) is 5.82 Å². The molecular formula is C9H10N4O4. The van der Waals surface area contributed by atoms with Gasteiger partial charge in [-0.25, -0.2) is 9.97 Å². The highest BCUT2D eigenvalue weighted by Gasteiger charge is 2.37. The van der Waals surface area contributed by atoms with E-state index in [4.69, 9.17) is 4.74 Å². The van der Waals surface area contributed by atoms with Crippen molar-refractivity contribution in [2.75, 3.05) is 6.61 Å². The zero-order valence-corrected chi connectivity index (χ0v) is 8.61. The number of aliphatic hydroxyl groups excluding tert-OH is 2. The van der Waals surface area contributed by atoms with Gasteiger partial charge in [-0.3, -0.25) is 0 Å². The molecule has 4 N–H and O–H groups in total. The maximum absolute atomic E-state index is 9.67. The highest BCUT2D eigenvalue weighted by Crippen LogP contribution is 2.29. The highest BCUT2D eigenvalue weighted by atomic mass is 16.5. The van der Waals surface area contributed by atoms with Crippen LogP contribution >= 0.6 is 0 Å². The van der Waals surface area contributed by atoms with Crippen LogP contribution in [0.4, 0.5) is 0 Å². The second-order valence-corrected chi connectivity index (χ2v) is 3.83. The number of aromatic hydroxyl groups is 1. The molecule has 0 aliphatic carbocycles. The lowest BCUT2D eigenvalue weighted by Gasteiger charge is -2.11. The maximum Gasteiger partial charge on any atom is 0.240 e. The Morgan fingerprint density at radius 3 is 2.82 bits per heavy atom. The molecule has 8 nitrogen and oxygen atoms in total. The quantitative estimate of drug-likeness (QED) is 0.494. The van der Waals surface area contributed by atoms with Crippen molar-refractivity contribution in [2.24, 2.45) is 0 Å². The second kappa shape index (κ2) is 3.62. The SMILES string of the molecule is Oc1ncnc2nc(C3OC[C@@H](O)[C@H]3O)[nH]c12. The van der Waals surface area contributed by atoms with Crippen LogP contribution in [-0.2, 0) is 4.74 Å². The Morgan fingerprint density at radius 2 is 2.18 bits per heavy atom. The van der Waals surface area contributed by atoms with Gasteiger partial charge in [0.2, 0.25) is 5.88 Å². The first-order valence-electron chi connectivity index (χ1n) is 5.04. The second-order valence-electron chi connectivity index (χ2n) is 3.83. The highest BCUT2D eigenvalue weighted by molar-refractivity contribution is 5.75. The number of nitrogens with one attached hydrogen (secondary N) is 1. The summed E-state index contributed by atoms with van der Waals surface area (Å²) in [6, 6.07) is 0. The van der Waals surface area contributed by atoms with E-state index in [0.717, 1.165) is 0 Å². The molecule has 3 atom stereocenters. The normalized spacial score (nSPS) is 28.9. The van der Waals surface area contributed by atoms with Crippen molar-refractivity contribution in [1.82, 2.24) is 19.9 Å². The Bertz CT molecular complexity index is 557. The molecule has 1 aliphatic rings. The number of nitrogens with zero attached hydrogens (tertiary/aromatic N) is 3. The summed E-state index contributed by atoms with van der Waals surface area (Å²) >= 11 is 0. The van der Waals surface area contributed by atoms with E-state index in [1.807, 2.05) is 0 Å². The van der Waals surface area contributed by atoms with Gasteiger partial charge >= 0.3 is 0 Å². The summed E-state index contributed by atoms with van der Waals surface area (Å²) in [6.45, 7) is 0.0422. The number of ether oxygens (including phenoxy) is 1. The first-order chi connectivity index (χ1) is 8.16. The summed E-state index contributed by atoms with van der Waals surface area (Å²) in [7, 11) is 0. The Balaban J connectivity index is 2.04. The van der Waals surface area contributed by atoms with Crippen LogP contribution in [0.15, 0.2) is 6.33 Å². The van der Waals surface area contributed by atoms with Crippen molar-refractivity contribution in [3.63, 3.8) is 0 Å². The van der Waals surface area contributed by atoms with E-state index in [1.54, 1.807) is 0 Å². The van der Waals surface area contributed by atoms with Crippen LogP contribution in [0.3, 0.4) is 0 Å². The summed E-state index contributed by atoms with van der Waals surface area (Å²) in [6.07, 6.45) is -1.56. The number of hydrogen-bond donors (Lipinski definition) is 4. The van der Waals surface area contributed by atoms with Gasteiger partial charge in [0.25, 0.3) is 0 Å². The van der Waals surface area contributed by atoms with Crippen molar-refractivity contribution in [3.05, 3.63) is 12.2 Å². The van der Waals surface area contributed by atoms with Crippen LogP contribution in [0, 0.1) is 0 Å². The van der Waals surface area contributed by atoms with Crippen LogP contribution in [0.2, 0.25) is 0 Å². The Morgan fingerprint density at radius 1 is 1.35 bits per heavy atom. The summed E-state index contributed by atoms with van der Waals surface area (Å²) in [4.78, 5) is 14.3. The molecule has 1 saturated heterocycles. The van der Waals surface area contributed by atoms with Crippen LogP contribution in [0.5, 0.6) is 5.88 Å². The molecule has 1 unspecified atom stereocenters. The third kappa shape index (κ3) is 1.54. The largest absolute Gasteiger partial charge is 0.492 e. The third-order valence-electron chi connectivity index (χ3n) is 2.71. The Hall–Kier alpha value is -1.77. The van der Waals surface area contributed by atoms with Crippen LogP contribution in [-0.4, -0.2) is 54.1 Å². The lowest BCUT2D eigenvalue weighted by Crippen LogP contribution is -2.25. The summed E-state index contributed by atoms with van der Waals surface area (Å²) in [5, 5.41) is 28.5. The van der Waals surface area contributed by atoms with Crippen molar-refractivity contribution >= 4 is 11.2 Å². The van der Waals surface area contributed by atoms with Gasteiger partial charge in [0.15, 0.2) is 5.65 Å². The fourth-order valence-electron chi connectivity index (χ4n) is 1.81. The average Bonchev–Trinajstić information content (AvgIpc) is 2.85. The van der Waals surface area contributed by atoms with Gasteiger partial charge in [-0.05, 0) is 0 Å². The van der Waals surface area contributed by atoms with E-state index in [-0.39, 0.29) is 23.7 Å². The lowest BCUT2D eigenvalue weighted by atomic mass is 10.1. The molecule has 90 valence electrons. The zero-order valence-electron chi connectivity index (χ0n) is 8.61. The molecule has 0 amide bonds. The number of aliphatic hydroxyl groups is 2. The fourth-order valence-corrected chi connectivity index (χ4v) is 1.81. The summed E-state index contributed by atoms with van der Waals surface area (Å²) in [5.41, 5.74) is 0.560. The topological polar surface area (TPSA) is 124 Å². The smallest absolute Gasteiger partial charge is 0.240 e. The number of aromatic nitrogens is 4. The van der Waals surface area contributed by atoms with Crippen LogP contribution in [0.1, 0.15) is 11.9 Å². The predicted molar refractivity (Wildman–Crippen MR) is 54.1 cm³/mol. The monoisotopic (exact) mass is 238 g/mol.